The van der Waals surface area contributed by atoms with Crippen LogP contribution in [0.25, 0.3) is 0 Å². The number of benzene rings is 1. The van der Waals surface area contributed by atoms with Gasteiger partial charge >= 0.3 is 0 Å². The van der Waals surface area contributed by atoms with Crippen molar-refractivity contribution in [2.24, 2.45) is 5.41 Å². The fourth-order valence-electron chi connectivity index (χ4n) is 2.77. The molecule has 108 valence electrons. The van der Waals surface area contributed by atoms with E-state index >= 15 is 0 Å². The first-order chi connectivity index (χ1) is 9.15. The molecule has 0 fully saturated rings. The zero-order chi connectivity index (χ0) is 14.1. The van der Waals surface area contributed by atoms with Gasteiger partial charge in [-0.05, 0) is 44.3 Å². The molecular formula is C17H30N2. The van der Waals surface area contributed by atoms with E-state index in [0.717, 1.165) is 19.5 Å². The number of hydrogen-bond acceptors (Lipinski definition) is 2. The Labute approximate surface area is 119 Å². The van der Waals surface area contributed by atoms with Crippen LogP contribution in [0, 0.1) is 5.41 Å². The maximum atomic E-state index is 3.36. The second-order valence-electron chi connectivity index (χ2n) is 5.71. The van der Waals surface area contributed by atoms with Crippen LogP contribution in [0.15, 0.2) is 30.3 Å². The predicted octanol–water partition coefficient (Wildman–Crippen LogP) is 3.19. The molecule has 0 unspecified atom stereocenters. The Morgan fingerprint density at radius 1 is 1.11 bits per heavy atom. The summed E-state index contributed by atoms with van der Waals surface area (Å²) in [6.07, 6.45) is 3.61. The van der Waals surface area contributed by atoms with Crippen LogP contribution in [0.3, 0.4) is 0 Å². The number of hydrogen-bond donors (Lipinski definition) is 1. The topological polar surface area (TPSA) is 15.3 Å². The maximum Gasteiger partial charge on any atom is 0.00470 e. The van der Waals surface area contributed by atoms with Gasteiger partial charge < -0.3 is 10.2 Å². The van der Waals surface area contributed by atoms with Crippen molar-refractivity contribution in [2.45, 2.75) is 33.1 Å². The van der Waals surface area contributed by atoms with Gasteiger partial charge in [0.1, 0.15) is 0 Å². The lowest BCUT2D eigenvalue weighted by atomic mass is 9.81. The molecule has 0 aliphatic rings. The van der Waals surface area contributed by atoms with E-state index in [2.05, 4.69) is 68.5 Å². The van der Waals surface area contributed by atoms with E-state index in [1.54, 1.807) is 0 Å². The SMILES string of the molecule is CCC(CC)(CNC)CN(C)CCc1ccccc1. The summed E-state index contributed by atoms with van der Waals surface area (Å²) in [6.45, 7) is 8.04. The number of rotatable bonds is 9. The third-order valence-electron chi connectivity index (χ3n) is 4.28. The summed E-state index contributed by atoms with van der Waals surface area (Å²) in [7, 11) is 4.31. The largest absolute Gasteiger partial charge is 0.319 e. The van der Waals surface area contributed by atoms with Crippen LogP contribution in [0.4, 0.5) is 0 Å². The van der Waals surface area contributed by atoms with Gasteiger partial charge in [0.25, 0.3) is 0 Å². The molecule has 0 aliphatic carbocycles. The first kappa shape index (κ1) is 16.2. The fraction of sp³-hybridized carbons (Fsp3) is 0.647. The molecule has 0 aliphatic heterocycles. The predicted molar refractivity (Wildman–Crippen MR) is 84.6 cm³/mol. The summed E-state index contributed by atoms with van der Waals surface area (Å²) in [5, 5.41) is 3.36. The monoisotopic (exact) mass is 262 g/mol. The second kappa shape index (κ2) is 8.34. The molecule has 0 amide bonds. The third-order valence-corrected chi connectivity index (χ3v) is 4.28. The van der Waals surface area contributed by atoms with Crippen LogP contribution in [0.5, 0.6) is 0 Å². The normalized spacial score (nSPS) is 12.1. The Morgan fingerprint density at radius 3 is 2.26 bits per heavy atom. The minimum atomic E-state index is 0.417. The molecule has 1 N–H and O–H groups in total. The van der Waals surface area contributed by atoms with Gasteiger partial charge in [0.05, 0.1) is 0 Å². The molecule has 19 heavy (non-hydrogen) atoms. The number of likely N-dealkylation sites (N-methyl/N-ethyl adjacent to an activating group) is 1. The van der Waals surface area contributed by atoms with E-state index in [1.165, 1.54) is 24.9 Å². The summed E-state index contributed by atoms with van der Waals surface area (Å²) in [5.74, 6) is 0. The Kier molecular flexibility index (Phi) is 7.11. The molecule has 0 atom stereocenters. The Morgan fingerprint density at radius 2 is 1.74 bits per heavy atom. The number of nitrogens with one attached hydrogen (secondary N) is 1. The van der Waals surface area contributed by atoms with Crippen LogP contribution in [0.2, 0.25) is 0 Å². The molecule has 0 saturated heterocycles. The fourth-order valence-corrected chi connectivity index (χ4v) is 2.77. The molecule has 0 aromatic heterocycles. The summed E-state index contributed by atoms with van der Waals surface area (Å²) in [6, 6.07) is 10.8. The van der Waals surface area contributed by atoms with E-state index in [4.69, 9.17) is 0 Å². The van der Waals surface area contributed by atoms with Crippen LogP contribution < -0.4 is 5.32 Å². The smallest absolute Gasteiger partial charge is 0.00470 e. The molecule has 0 heterocycles. The van der Waals surface area contributed by atoms with Crippen molar-refractivity contribution in [1.29, 1.82) is 0 Å². The van der Waals surface area contributed by atoms with Crippen molar-refractivity contribution in [3.8, 4) is 0 Å². The molecule has 1 aromatic rings. The third kappa shape index (κ3) is 5.33. The molecule has 0 saturated carbocycles. The minimum absolute atomic E-state index is 0.417. The van der Waals surface area contributed by atoms with Crippen molar-refractivity contribution in [3.05, 3.63) is 35.9 Å². The molecule has 1 aromatic carbocycles. The van der Waals surface area contributed by atoms with Gasteiger partial charge in [-0.25, -0.2) is 0 Å². The molecule has 2 heteroatoms. The van der Waals surface area contributed by atoms with Crippen LogP contribution in [-0.4, -0.2) is 38.6 Å². The average Bonchev–Trinajstić information content (AvgIpc) is 2.45. The lowest BCUT2D eigenvalue weighted by Crippen LogP contribution is -2.42. The van der Waals surface area contributed by atoms with Gasteiger partial charge in [-0.1, -0.05) is 44.2 Å². The zero-order valence-corrected chi connectivity index (χ0v) is 13.1. The highest BCUT2D eigenvalue weighted by Gasteiger charge is 2.26. The van der Waals surface area contributed by atoms with E-state index < -0.39 is 0 Å². The van der Waals surface area contributed by atoms with Crippen molar-refractivity contribution in [1.82, 2.24) is 10.2 Å². The highest BCUT2D eigenvalue weighted by molar-refractivity contribution is 5.14. The summed E-state index contributed by atoms with van der Waals surface area (Å²) >= 11 is 0. The first-order valence-electron chi connectivity index (χ1n) is 7.53. The average molecular weight is 262 g/mol. The summed E-state index contributed by atoms with van der Waals surface area (Å²) in [4.78, 5) is 2.48. The Hall–Kier alpha value is -0.860. The van der Waals surface area contributed by atoms with Crippen molar-refractivity contribution in [2.75, 3.05) is 33.7 Å². The van der Waals surface area contributed by atoms with E-state index in [-0.39, 0.29) is 0 Å². The Bertz CT molecular complexity index is 330. The zero-order valence-electron chi connectivity index (χ0n) is 13.1. The van der Waals surface area contributed by atoms with Gasteiger partial charge in [-0.15, -0.1) is 0 Å². The lowest BCUT2D eigenvalue weighted by molar-refractivity contribution is 0.159. The lowest BCUT2D eigenvalue weighted by Gasteiger charge is -2.35. The highest BCUT2D eigenvalue weighted by atomic mass is 15.1. The molecule has 0 bridgehead atoms. The molecule has 0 spiro atoms. The second-order valence-corrected chi connectivity index (χ2v) is 5.71. The molecule has 2 nitrogen and oxygen atoms in total. The summed E-state index contributed by atoms with van der Waals surface area (Å²) in [5.41, 5.74) is 1.85. The van der Waals surface area contributed by atoms with Crippen LogP contribution in [-0.2, 0) is 6.42 Å². The Balaban J connectivity index is 2.46. The van der Waals surface area contributed by atoms with Gasteiger partial charge in [0.15, 0.2) is 0 Å². The van der Waals surface area contributed by atoms with Crippen LogP contribution in [0.1, 0.15) is 32.3 Å². The maximum absolute atomic E-state index is 3.36. The van der Waals surface area contributed by atoms with Crippen LogP contribution >= 0.6 is 0 Å². The minimum Gasteiger partial charge on any atom is -0.319 e. The van der Waals surface area contributed by atoms with Gasteiger partial charge in [0.2, 0.25) is 0 Å². The quantitative estimate of drug-likeness (QED) is 0.735. The van der Waals surface area contributed by atoms with Gasteiger partial charge in [-0.3, -0.25) is 0 Å². The van der Waals surface area contributed by atoms with Gasteiger partial charge in [-0.2, -0.15) is 0 Å². The van der Waals surface area contributed by atoms with E-state index in [9.17, 15) is 0 Å². The van der Waals surface area contributed by atoms with Gasteiger partial charge in [0, 0.05) is 19.6 Å². The van der Waals surface area contributed by atoms with Crippen molar-refractivity contribution in [3.63, 3.8) is 0 Å². The number of nitrogens with zero attached hydrogens (tertiary/aromatic N) is 1. The molecule has 1 rings (SSSR count). The summed E-state index contributed by atoms with van der Waals surface area (Å²) < 4.78 is 0. The van der Waals surface area contributed by atoms with E-state index in [1.807, 2.05) is 0 Å². The molecule has 0 radical (unpaired) electrons. The standard InChI is InChI=1S/C17H30N2/c1-5-17(6-2,14-18-3)15-19(4)13-12-16-10-8-7-9-11-16/h7-11,18H,5-6,12-15H2,1-4H3. The van der Waals surface area contributed by atoms with Crippen molar-refractivity contribution < 1.29 is 0 Å². The molecular weight excluding hydrogens is 232 g/mol. The highest BCUT2D eigenvalue weighted by Crippen LogP contribution is 2.26. The van der Waals surface area contributed by atoms with E-state index in [0.29, 0.717) is 5.41 Å². The van der Waals surface area contributed by atoms with Crippen molar-refractivity contribution >= 4 is 0 Å². The first-order valence-corrected chi connectivity index (χ1v) is 7.53.